The molecule has 5 heteroatoms. The standard InChI is InChI=1S/C22H20N2O3/c1-15-5-2-3-8-19(15)20(17-6-4-7-18(13-17)22(25)26)14-21(24-27)16-9-11-23-12-10-16/h2-13,20-21H,14H2,1H3,(H,25,26). The third kappa shape index (κ3) is 4.26. The Morgan fingerprint density at radius 2 is 1.78 bits per heavy atom. The summed E-state index contributed by atoms with van der Waals surface area (Å²) in [4.78, 5) is 27.0. The minimum Gasteiger partial charge on any atom is -0.478 e. The molecule has 2 aromatic carbocycles. The van der Waals surface area contributed by atoms with E-state index in [0.29, 0.717) is 6.42 Å². The molecular weight excluding hydrogens is 340 g/mol. The SMILES string of the molecule is Cc1ccccc1C(CC(N=O)c1ccncc1)c1cccc(C(=O)O)c1. The van der Waals surface area contributed by atoms with Gasteiger partial charge in [0.05, 0.1) is 5.56 Å². The normalized spacial score (nSPS) is 12.9. The minimum absolute atomic E-state index is 0.152. The molecule has 2 atom stereocenters. The largest absolute Gasteiger partial charge is 0.478 e. The molecule has 27 heavy (non-hydrogen) atoms. The van der Waals surface area contributed by atoms with Gasteiger partial charge in [-0.1, -0.05) is 41.6 Å². The molecule has 1 N–H and O–H groups in total. The number of hydrogen-bond donors (Lipinski definition) is 1. The van der Waals surface area contributed by atoms with Crippen molar-refractivity contribution in [1.82, 2.24) is 4.98 Å². The molecule has 1 aromatic heterocycles. The Morgan fingerprint density at radius 3 is 2.44 bits per heavy atom. The predicted molar refractivity (Wildman–Crippen MR) is 104 cm³/mol. The Hall–Kier alpha value is -3.34. The second-order valence-electron chi connectivity index (χ2n) is 6.48. The highest BCUT2D eigenvalue weighted by molar-refractivity contribution is 5.87. The van der Waals surface area contributed by atoms with Crippen molar-refractivity contribution in [1.29, 1.82) is 0 Å². The molecule has 0 saturated carbocycles. The average Bonchev–Trinajstić information content (AvgIpc) is 2.70. The second kappa shape index (κ2) is 8.36. The summed E-state index contributed by atoms with van der Waals surface area (Å²) >= 11 is 0. The van der Waals surface area contributed by atoms with Gasteiger partial charge in [0.25, 0.3) is 0 Å². The maximum Gasteiger partial charge on any atom is 0.335 e. The van der Waals surface area contributed by atoms with Gasteiger partial charge in [-0.2, -0.15) is 4.91 Å². The Kier molecular flexibility index (Phi) is 5.71. The molecule has 136 valence electrons. The number of aromatic nitrogens is 1. The summed E-state index contributed by atoms with van der Waals surface area (Å²) in [6.45, 7) is 2.01. The van der Waals surface area contributed by atoms with E-state index in [-0.39, 0.29) is 11.5 Å². The van der Waals surface area contributed by atoms with E-state index in [0.717, 1.165) is 22.3 Å². The van der Waals surface area contributed by atoms with Crippen LogP contribution in [0.5, 0.6) is 0 Å². The zero-order valence-electron chi connectivity index (χ0n) is 14.9. The maximum atomic E-state index is 11.6. The molecule has 3 aromatic rings. The zero-order chi connectivity index (χ0) is 19.2. The third-order valence-corrected chi connectivity index (χ3v) is 4.78. The fourth-order valence-electron chi connectivity index (χ4n) is 3.36. The molecule has 1 heterocycles. The number of carbonyl (C=O) groups is 1. The maximum absolute atomic E-state index is 11.6. The summed E-state index contributed by atoms with van der Waals surface area (Å²) < 4.78 is 0. The summed E-state index contributed by atoms with van der Waals surface area (Å²) in [5.41, 5.74) is 4.02. The van der Waals surface area contributed by atoms with Crippen molar-refractivity contribution in [2.45, 2.75) is 25.3 Å². The monoisotopic (exact) mass is 360 g/mol. The summed E-state index contributed by atoms with van der Waals surface area (Å²) in [5, 5.41) is 12.7. The molecule has 0 amide bonds. The van der Waals surface area contributed by atoms with Crippen LogP contribution in [-0.4, -0.2) is 16.1 Å². The van der Waals surface area contributed by atoms with E-state index >= 15 is 0 Å². The van der Waals surface area contributed by atoms with E-state index in [4.69, 9.17) is 0 Å². The fourth-order valence-corrected chi connectivity index (χ4v) is 3.36. The van der Waals surface area contributed by atoms with E-state index in [1.165, 1.54) is 0 Å². The minimum atomic E-state index is -0.973. The first kappa shape index (κ1) is 18.5. The van der Waals surface area contributed by atoms with Crippen LogP contribution in [0.2, 0.25) is 0 Å². The second-order valence-corrected chi connectivity index (χ2v) is 6.48. The summed E-state index contributed by atoms with van der Waals surface area (Å²) in [6.07, 6.45) is 3.73. The molecule has 0 radical (unpaired) electrons. The molecule has 0 aliphatic heterocycles. The van der Waals surface area contributed by atoms with E-state index in [1.807, 2.05) is 37.3 Å². The van der Waals surface area contributed by atoms with Crippen LogP contribution >= 0.6 is 0 Å². The van der Waals surface area contributed by atoms with Gasteiger partial charge in [0.15, 0.2) is 0 Å². The molecule has 0 bridgehead atoms. The predicted octanol–water partition coefficient (Wildman–Crippen LogP) is 5.12. The van der Waals surface area contributed by atoms with Crippen LogP contribution in [0.15, 0.2) is 78.2 Å². The number of aryl methyl sites for hydroxylation is 1. The summed E-state index contributed by atoms with van der Waals surface area (Å²) in [5.74, 6) is -1.12. The van der Waals surface area contributed by atoms with Crippen LogP contribution in [0.4, 0.5) is 0 Å². The van der Waals surface area contributed by atoms with Crippen LogP contribution in [-0.2, 0) is 0 Å². The number of benzene rings is 2. The number of aromatic carboxylic acids is 1. The van der Waals surface area contributed by atoms with Crippen molar-refractivity contribution >= 4 is 5.97 Å². The average molecular weight is 360 g/mol. The lowest BCUT2D eigenvalue weighted by Crippen LogP contribution is -2.09. The highest BCUT2D eigenvalue weighted by Crippen LogP contribution is 2.37. The van der Waals surface area contributed by atoms with Gasteiger partial charge in [0.1, 0.15) is 6.04 Å². The number of carboxylic acid groups (broad SMARTS) is 1. The fraction of sp³-hybridized carbons (Fsp3) is 0.182. The Morgan fingerprint density at radius 1 is 1.04 bits per heavy atom. The van der Waals surface area contributed by atoms with E-state index in [1.54, 1.807) is 42.7 Å². The summed E-state index contributed by atoms with van der Waals surface area (Å²) in [7, 11) is 0. The molecule has 0 saturated heterocycles. The smallest absolute Gasteiger partial charge is 0.335 e. The van der Waals surface area contributed by atoms with Crippen LogP contribution < -0.4 is 0 Å². The molecule has 0 aliphatic rings. The van der Waals surface area contributed by atoms with Gasteiger partial charge in [-0.15, -0.1) is 0 Å². The number of pyridine rings is 1. The van der Waals surface area contributed by atoms with Gasteiger partial charge in [0.2, 0.25) is 0 Å². The van der Waals surface area contributed by atoms with Gasteiger partial charge in [-0.3, -0.25) is 4.98 Å². The van der Waals surface area contributed by atoms with Crippen molar-refractivity contribution in [3.05, 3.63) is 106 Å². The lowest BCUT2D eigenvalue weighted by atomic mass is 9.82. The van der Waals surface area contributed by atoms with E-state index in [2.05, 4.69) is 10.2 Å². The molecule has 5 nitrogen and oxygen atoms in total. The van der Waals surface area contributed by atoms with Gasteiger partial charge in [0, 0.05) is 18.3 Å². The number of rotatable bonds is 7. The lowest BCUT2D eigenvalue weighted by molar-refractivity contribution is 0.0696. The molecule has 0 spiro atoms. The Balaban J connectivity index is 2.05. The van der Waals surface area contributed by atoms with Crippen LogP contribution in [0.25, 0.3) is 0 Å². The van der Waals surface area contributed by atoms with E-state index in [9.17, 15) is 14.8 Å². The first-order valence-corrected chi connectivity index (χ1v) is 8.71. The topological polar surface area (TPSA) is 79.6 Å². The zero-order valence-corrected chi connectivity index (χ0v) is 14.9. The quantitative estimate of drug-likeness (QED) is 0.593. The van der Waals surface area contributed by atoms with Crippen LogP contribution in [0.1, 0.15) is 51.0 Å². The van der Waals surface area contributed by atoms with Crippen molar-refractivity contribution in [3.8, 4) is 0 Å². The Bertz CT molecular complexity index is 941. The first-order chi connectivity index (χ1) is 13.1. The number of nitrogens with zero attached hydrogens (tertiary/aromatic N) is 2. The van der Waals surface area contributed by atoms with Crippen molar-refractivity contribution in [3.63, 3.8) is 0 Å². The highest BCUT2D eigenvalue weighted by atomic mass is 16.4. The van der Waals surface area contributed by atoms with Crippen molar-refractivity contribution < 1.29 is 9.90 Å². The van der Waals surface area contributed by atoms with Gasteiger partial charge in [-0.05, 0) is 59.9 Å². The van der Waals surface area contributed by atoms with Gasteiger partial charge < -0.3 is 5.11 Å². The molecular formula is C22H20N2O3. The van der Waals surface area contributed by atoms with Crippen molar-refractivity contribution in [2.24, 2.45) is 5.18 Å². The molecule has 3 rings (SSSR count). The first-order valence-electron chi connectivity index (χ1n) is 8.71. The van der Waals surface area contributed by atoms with Crippen LogP contribution in [0, 0.1) is 11.8 Å². The summed E-state index contributed by atoms with van der Waals surface area (Å²) in [6, 6.07) is 17.8. The molecule has 0 aliphatic carbocycles. The number of nitroso groups, excluding NO2 is 1. The third-order valence-electron chi connectivity index (χ3n) is 4.78. The number of carboxylic acids is 1. The van der Waals surface area contributed by atoms with Crippen LogP contribution in [0.3, 0.4) is 0 Å². The highest BCUT2D eigenvalue weighted by Gasteiger charge is 2.24. The lowest BCUT2D eigenvalue weighted by Gasteiger charge is -2.23. The molecule has 2 unspecified atom stereocenters. The van der Waals surface area contributed by atoms with E-state index < -0.39 is 12.0 Å². The van der Waals surface area contributed by atoms with Gasteiger partial charge >= 0.3 is 5.97 Å². The van der Waals surface area contributed by atoms with Crippen molar-refractivity contribution in [2.75, 3.05) is 0 Å². The number of hydrogen-bond acceptors (Lipinski definition) is 4. The molecule has 0 fully saturated rings. The van der Waals surface area contributed by atoms with Gasteiger partial charge in [-0.25, -0.2) is 4.79 Å². The Labute approximate surface area is 157 Å².